The van der Waals surface area contributed by atoms with E-state index in [2.05, 4.69) is 60.0 Å². The van der Waals surface area contributed by atoms with Gasteiger partial charge in [0.05, 0.1) is 0 Å². The van der Waals surface area contributed by atoms with E-state index in [-0.39, 0.29) is 35.8 Å². The highest BCUT2D eigenvalue weighted by molar-refractivity contribution is 7.80. The van der Waals surface area contributed by atoms with Gasteiger partial charge in [-0.25, -0.2) is 0 Å². The summed E-state index contributed by atoms with van der Waals surface area (Å²) in [5.41, 5.74) is 0.630. The van der Waals surface area contributed by atoms with Gasteiger partial charge in [0, 0.05) is 6.10 Å². The van der Waals surface area contributed by atoms with Crippen LogP contribution in [0.1, 0.15) is 63.8 Å². The van der Waals surface area contributed by atoms with Gasteiger partial charge in [0.25, 0.3) is 0 Å². The highest BCUT2D eigenvalue weighted by Crippen LogP contribution is 2.31. The Morgan fingerprint density at radius 1 is 0.905 bits per heavy atom. The van der Waals surface area contributed by atoms with Gasteiger partial charge in [0.15, 0.2) is 8.32 Å². The first-order valence-corrected chi connectivity index (χ1v) is 12.8. The molecule has 0 radical (unpaired) electrons. The summed E-state index contributed by atoms with van der Waals surface area (Å²) in [6.45, 7) is 15.4. The minimum atomic E-state index is -1.98. The van der Waals surface area contributed by atoms with Crippen LogP contribution in [0.2, 0.25) is 31.2 Å². The average Bonchev–Trinajstić information content (AvgIpc) is 2.11. The normalized spacial score (nSPS) is 13.4. The Morgan fingerprint density at radius 3 is 1.62 bits per heavy atom. The molecule has 0 bridgehead atoms. The van der Waals surface area contributed by atoms with E-state index in [4.69, 9.17) is 8.54 Å². The summed E-state index contributed by atoms with van der Waals surface area (Å²) in [7, 11) is -3.64. The van der Waals surface area contributed by atoms with Gasteiger partial charge in [0.2, 0.25) is 0 Å². The second-order valence-corrected chi connectivity index (χ2v) is 14.5. The number of hydrogen-bond donors (Lipinski definition) is 1. The predicted octanol–water partition coefficient (Wildman–Crippen LogP) is 6.98. The van der Waals surface area contributed by atoms with Crippen molar-refractivity contribution in [1.29, 1.82) is 0 Å². The molecule has 0 fully saturated rings. The zero-order chi connectivity index (χ0) is 13.7. The lowest BCUT2D eigenvalue weighted by molar-refractivity contribution is 0.185. The Hall–Kier alpha value is 0.704. The highest BCUT2D eigenvalue weighted by atomic mass is 32.1. The monoisotopic (exact) mass is 358 g/mol. The summed E-state index contributed by atoms with van der Waals surface area (Å²) in [4.78, 5) is 0. The lowest BCUT2D eigenvalue weighted by atomic mass is 10.5. The van der Waals surface area contributed by atoms with Crippen LogP contribution in [0.3, 0.4) is 0 Å². The van der Waals surface area contributed by atoms with Gasteiger partial charge in [-0.2, -0.15) is 12.6 Å². The van der Waals surface area contributed by atoms with E-state index in [0.717, 1.165) is 12.2 Å². The van der Waals surface area contributed by atoms with Crippen molar-refractivity contribution in [3.05, 3.63) is 0 Å². The van der Waals surface area contributed by atoms with Gasteiger partial charge in [-0.15, -0.1) is 0 Å². The fourth-order valence-electron chi connectivity index (χ4n) is 2.04. The van der Waals surface area contributed by atoms with Crippen molar-refractivity contribution in [3.63, 3.8) is 0 Å². The van der Waals surface area contributed by atoms with Gasteiger partial charge in [-0.1, -0.05) is 43.6 Å². The van der Waals surface area contributed by atoms with E-state index in [1.165, 1.54) is 6.04 Å². The van der Waals surface area contributed by atoms with Crippen molar-refractivity contribution in [2.24, 2.45) is 0 Å². The molecule has 0 rings (SSSR count). The molecule has 0 amide bonds. The summed E-state index contributed by atoms with van der Waals surface area (Å²) in [5, 5.41) is 0. The highest BCUT2D eigenvalue weighted by Gasteiger charge is 2.40. The van der Waals surface area contributed by atoms with Gasteiger partial charge in [-0.3, -0.25) is 0 Å². The molecule has 21 heavy (non-hydrogen) atoms. The third-order valence-corrected chi connectivity index (χ3v) is 12.0. The Balaban J connectivity index is -0.000000213. The molecule has 0 aliphatic rings. The second-order valence-electron chi connectivity index (χ2n) is 5.96. The van der Waals surface area contributed by atoms with Crippen LogP contribution in [0.25, 0.3) is 0 Å². The number of rotatable bonds is 8. The maximum Gasteiger partial charge on any atom is 0.321 e. The molecule has 0 saturated carbocycles. The number of thiol groups is 1. The van der Waals surface area contributed by atoms with Gasteiger partial charge in [0.1, 0.15) is 0 Å². The average molecular weight is 359 g/mol. The maximum atomic E-state index is 6.52. The first kappa shape index (κ1) is 33.3. The molecule has 2 nitrogen and oxygen atoms in total. The standard InChI is InChI=1S/C12H30O2SSi2.4CH4/c1-11(2)13-16(5,6)14-17(7,12(3)4)10-8-9-15;;;;/h11-12,15H,8-10H2,1-7H3;4*1H4. The third kappa shape index (κ3) is 14.1. The molecule has 0 aliphatic heterocycles. The van der Waals surface area contributed by atoms with Gasteiger partial charge >= 0.3 is 8.56 Å². The van der Waals surface area contributed by atoms with Crippen LogP contribution in [0.4, 0.5) is 0 Å². The summed E-state index contributed by atoms with van der Waals surface area (Å²) in [6, 6.07) is 1.19. The molecule has 0 spiro atoms. The second kappa shape index (κ2) is 14.3. The molecule has 0 aliphatic carbocycles. The minimum Gasteiger partial charge on any atom is -0.436 e. The van der Waals surface area contributed by atoms with Crippen molar-refractivity contribution in [3.8, 4) is 0 Å². The molecule has 0 N–H and O–H groups in total. The topological polar surface area (TPSA) is 18.5 Å². The van der Waals surface area contributed by atoms with E-state index in [1.54, 1.807) is 0 Å². The lowest BCUT2D eigenvalue weighted by Gasteiger charge is -2.39. The van der Waals surface area contributed by atoms with E-state index in [9.17, 15) is 0 Å². The quantitative estimate of drug-likeness (QED) is 0.372. The summed E-state index contributed by atoms with van der Waals surface area (Å²) in [5.74, 6) is 0.950. The van der Waals surface area contributed by atoms with E-state index in [0.29, 0.717) is 5.54 Å². The van der Waals surface area contributed by atoms with Crippen LogP contribution >= 0.6 is 12.6 Å². The Labute approximate surface area is 145 Å². The Kier molecular flexibility index (Phi) is 22.7. The van der Waals surface area contributed by atoms with Crippen LogP contribution in [0, 0.1) is 0 Å². The summed E-state index contributed by atoms with van der Waals surface area (Å²) < 4.78 is 12.5. The zero-order valence-electron chi connectivity index (χ0n) is 12.5. The predicted molar refractivity (Wildman–Crippen MR) is 112 cm³/mol. The molecule has 1 unspecified atom stereocenters. The van der Waals surface area contributed by atoms with Crippen LogP contribution in [0.5, 0.6) is 0 Å². The van der Waals surface area contributed by atoms with Crippen molar-refractivity contribution in [2.45, 2.75) is 101 Å². The van der Waals surface area contributed by atoms with Crippen LogP contribution in [-0.2, 0) is 8.54 Å². The van der Waals surface area contributed by atoms with Gasteiger partial charge in [-0.05, 0) is 57.2 Å². The molecule has 0 aromatic heterocycles. The smallest absolute Gasteiger partial charge is 0.321 e. The van der Waals surface area contributed by atoms with Gasteiger partial charge < -0.3 is 8.54 Å². The molecule has 0 saturated heterocycles. The number of hydrogen-bond acceptors (Lipinski definition) is 3. The molecule has 1 atom stereocenters. The van der Waals surface area contributed by atoms with E-state index in [1.807, 2.05) is 0 Å². The van der Waals surface area contributed by atoms with Crippen LogP contribution in [-0.4, -0.2) is 28.7 Å². The molecular weight excluding hydrogens is 312 g/mol. The fourth-order valence-corrected chi connectivity index (χ4v) is 11.1. The first-order chi connectivity index (χ1) is 7.63. The first-order valence-electron chi connectivity index (χ1n) is 6.62. The molecule has 136 valence electrons. The SMILES string of the molecule is C.C.C.C.CC(C)O[Si](C)(C)O[Si](C)(CCCS)C(C)C. The van der Waals surface area contributed by atoms with Crippen molar-refractivity contribution >= 4 is 29.5 Å². The van der Waals surface area contributed by atoms with E-state index >= 15 is 0 Å². The van der Waals surface area contributed by atoms with Crippen molar-refractivity contribution in [2.75, 3.05) is 5.75 Å². The zero-order valence-corrected chi connectivity index (χ0v) is 15.4. The molecule has 5 heteroatoms. The molecular formula is C16H46O2SSi2. The molecule has 0 aromatic carbocycles. The third-order valence-electron chi connectivity index (χ3n) is 3.05. The lowest BCUT2D eigenvalue weighted by Crippen LogP contribution is -2.51. The maximum absolute atomic E-state index is 6.52. The summed E-state index contributed by atoms with van der Waals surface area (Å²) >= 11 is 4.31. The van der Waals surface area contributed by atoms with Crippen LogP contribution in [0.15, 0.2) is 0 Å². The molecule has 0 aromatic rings. The van der Waals surface area contributed by atoms with Crippen molar-refractivity contribution < 1.29 is 8.54 Å². The Bertz CT molecular complexity index is 224. The van der Waals surface area contributed by atoms with Crippen molar-refractivity contribution in [1.82, 2.24) is 0 Å². The fraction of sp³-hybridized carbons (Fsp3) is 1.00. The molecule has 0 heterocycles. The van der Waals surface area contributed by atoms with E-state index < -0.39 is 16.9 Å². The Morgan fingerprint density at radius 2 is 1.33 bits per heavy atom. The minimum absolute atomic E-state index is 0. The largest absolute Gasteiger partial charge is 0.436 e. The van der Waals surface area contributed by atoms with Crippen LogP contribution < -0.4 is 0 Å². The summed E-state index contributed by atoms with van der Waals surface area (Å²) in [6.07, 6.45) is 1.41.